The lowest BCUT2D eigenvalue weighted by Crippen LogP contribution is -2.11. The highest BCUT2D eigenvalue weighted by molar-refractivity contribution is 5.57. The summed E-state index contributed by atoms with van der Waals surface area (Å²) in [5.41, 5.74) is 0.962. The first-order valence-corrected chi connectivity index (χ1v) is 7.34. The minimum absolute atomic E-state index is 0.566. The highest BCUT2D eigenvalue weighted by Crippen LogP contribution is 2.17. The number of hydrogen-bond acceptors (Lipinski definition) is 5. The van der Waals surface area contributed by atoms with Crippen LogP contribution in [0.25, 0.3) is 11.4 Å². The molecule has 0 aliphatic carbocycles. The quantitative estimate of drug-likeness (QED) is 0.547. The van der Waals surface area contributed by atoms with Gasteiger partial charge in [-0.05, 0) is 12.8 Å². The van der Waals surface area contributed by atoms with E-state index in [0.717, 1.165) is 31.5 Å². The maximum absolute atomic E-state index is 4.48. The zero-order valence-corrected chi connectivity index (χ0v) is 12.6. The van der Waals surface area contributed by atoms with Crippen LogP contribution in [-0.2, 0) is 0 Å². The zero-order valence-electron chi connectivity index (χ0n) is 12.6. The van der Waals surface area contributed by atoms with E-state index in [4.69, 9.17) is 0 Å². The van der Waals surface area contributed by atoms with Gasteiger partial charge in [0.05, 0.1) is 0 Å². The number of aromatic nitrogens is 3. The van der Waals surface area contributed by atoms with Crippen LogP contribution in [0, 0.1) is 0 Å². The smallest absolute Gasteiger partial charge is 0.228 e. The van der Waals surface area contributed by atoms with E-state index in [0.29, 0.717) is 17.7 Å². The van der Waals surface area contributed by atoms with Crippen LogP contribution in [0.1, 0.15) is 12.8 Å². The third-order valence-corrected chi connectivity index (χ3v) is 2.93. The Kier molecular flexibility index (Phi) is 6.11. The van der Waals surface area contributed by atoms with E-state index in [1.807, 2.05) is 42.5 Å². The minimum atomic E-state index is 0.566. The van der Waals surface area contributed by atoms with Gasteiger partial charge < -0.3 is 10.6 Å². The van der Waals surface area contributed by atoms with E-state index in [1.54, 1.807) is 0 Å². The van der Waals surface area contributed by atoms with Gasteiger partial charge in [0.1, 0.15) is 0 Å². The number of rotatable bonds is 9. The molecule has 0 saturated heterocycles. The van der Waals surface area contributed by atoms with Gasteiger partial charge in [-0.15, -0.1) is 13.2 Å². The molecule has 5 nitrogen and oxygen atoms in total. The maximum Gasteiger partial charge on any atom is 0.228 e. The van der Waals surface area contributed by atoms with Crippen molar-refractivity contribution in [3.05, 3.63) is 55.6 Å². The third kappa shape index (κ3) is 4.70. The lowest BCUT2D eigenvalue weighted by molar-refractivity contribution is 0.964. The normalized spacial score (nSPS) is 10.0. The highest BCUT2D eigenvalue weighted by atomic mass is 15.2. The molecule has 22 heavy (non-hydrogen) atoms. The van der Waals surface area contributed by atoms with Crippen LogP contribution in [0.4, 0.5) is 11.9 Å². The second kappa shape index (κ2) is 8.56. The second-order valence-electron chi connectivity index (χ2n) is 4.68. The lowest BCUT2D eigenvalue weighted by atomic mass is 10.2. The van der Waals surface area contributed by atoms with Gasteiger partial charge in [0, 0.05) is 18.7 Å². The fraction of sp³-hybridized carbons (Fsp3) is 0.235. The summed E-state index contributed by atoms with van der Waals surface area (Å²) in [5.74, 6) is 1.78. The van der Waals surface area contributed by atoms with Gasteiger partial charge in [0.2, 0.25) is 11.9 Å². The number of benzene rings is 1. The molecule has 0 unspecified atom stereocenters. The Labute approximate surface area is 131 Å². The van der Waals surface area contributed by atoms with Crippen LogP contribution in [0.5, 0.6) is 0 Å². The largest absolute Gasteiger partial charge is 0.354 e. The zero-order chi connectivity index (χ0) is 15.6. The number of nitrogens with zero attached hydrogens (tertiary/aromatic N) is 3. The molecule has 1 heterocycles. The molecule has 0 spiro atoms. The van der Waals surface area contributed by atoms with Crippen LogP contribution >= 0.6 is 0 Å². The van der Waals surface area contributed by atoms with Crippen molar-refractivity contribution in [2.24, 2.45) is 0 Å². The lowest BCUT2D eigenvalue weighted by Gasteiger charge is -2.09. The number of anilines is 2. The molecule has 2 rings (SSSR count). The molecule has 0 fully saturated rings. The molecule has 2 N–H and O–H groups in total. The average molecular weight is 295 g/mol. The first kappa shape index (κ1) is 15.7. The molecule has 114 valence electrons. The molecule has 0 atom stereocenters. The topological polar surface area (TPSA) is 62.7 Å². The molecule has 0 aliphatic heterocycles. The number of hydrogen-bond donors (Lipinski definition) is 2. The summed E-state index contributed by atoms with van der Waals surface area (Å²) in [6.45, 7) is 8.91. The average Bonchev–Trinajstić information content (AvgIpc) is 2.56. The fourth-order valence-electron chi connectivity index (χ4n) is 1.82. The summed E-state index contributed by atoms with van der Waals surface area (Å²) in [4.78, 5) is 13.3. The van der Waals surface area contributed by atoms with Gasteiger partial charge >= 0.3 is 0 Å². The SMILES string of the molecule is C=CCCNc1nc(NCCC=C)nc(-c2ccccc2)n1. The second-order valence-corrected chi connectivity index (χ2v) is 4.68. The van der Waals surface area contributed by atoms with Crippen LogP contribution in [-0.4, -0.2) is 28.0 Å². The molecular weight excluding hydrogens is 274 g/mol. The molecule has 0 radical (unpaired) electrons. The Hall–Kier alpha value is -2.69. The molecule has 0 bridgehead atoms. The van der Waals surface area contributed by atoms with Gasteiger partial charge in [-0.2, -0.15) is 15.0 Å². The van der Waals surface area contributed by atoms with Crippen molar-refractivity contribution < 1.29 is 0 Å². The molecule has 1 aromatic heterocycles. The van der Waals surface area contributed by atoms with Crippen LogP contribution in [0.15, 0.2) is 55.6 Å². The van der Waals surface area contributed by atoms with Crippen molar-refractivity contribution in [1.29, 1.82) is 0 Å². The van der Waals surface area contributed by atoms with Crippen molar-refractivity contribution in [2.75, 3.05) is 23.7 Å². The summed E-state index contributed by atoms with van der Waals surface area (Å²) < 4.78 is 0. The molecule has 5 heteroatoms. The van der Waals surface area contributed by atoms with Gasteiger partial charge in [-0.1, -0.05) is 42.5 Å². The van der Waals surface area contributed by atoms with Crippen LogP contribution in [0.3, 0.4) is 0 Å². The summed E-state index contributed by atoms with van der Waals surface area (Å²) in [7, 11) is 0. The Morgan fingerprint density at radius 3 is 1.86 bits per heavy atom. The monoisotopic (exact) mass is 295 g/mol. The first-order chi connectivity index (χ1) is 10.8. The number of nitrogens with one attached hydrogen (secondary N) is 2. The Balaban J connectivity index is 2.22. The van der Waals surface area contributed by atoms with Gasteiger partial charge in [-0.3, -0.25) is 0 Å². The van der Waals surface area contributed by atoms with Gasteiger partial charge in [0.15, 0.2) is 5.82 Å². The van der Waals surface area contributed by atoms with Gasteiger partial charge in [0.25, 0.3) is 0 Å². The van der Waals surface area contributed by atoms with Crippen molar-refractivity contribution >= 4 is 11.9 Å². The summed E-state index contributed by atoms with van der Waals surface area (Å²) in [5, 5.41) is 6.39. The van der Waals surface area contributed by atoms with Crippen LogP contribution in [0.2, 0.25) is 0 Å². The van der Waals surface area contributed by atoms with E-state index in [9.17, 15) is 0 Å². The molecular formula is C17H21N5. The van der Waals surface area contributed by atoms with Crippen molar-refractivity contribution in [1.82, 2.24) is 15.0 Å². The Morgan fingerprint density at radius 1 is 0.818 bits per heavy atom. The summed E-state index contributed by atoms with van der Waals surface area (Å²) in [6, 6.07) is 9.87. The van der Waals surface area contributed by atoms with E-state index in [2.05, 4.69) is 38.7 Å². The molecule has 1 aromatic carbocycles. The third-order valence-electron chi connectivity index (χ3n) is 2.93. The fourth-order valence-corrected chi connectivity index (χ4v) is 1.82. The molecule has 0 saturated carbocycles. The molecule has 0 amide bonds. The van der Waals surface area contributed by atoms with Crippen molar-refractivity contribution in [3.8, 4) is 11.4 Å². The predicted octanol–water partition coefficient (Wildman–Crippen LogP) is 3.51. The minimum Gasteiger partial charge on any atom is -0.354 e. The highest BCUT2D eigenvalue weighted by Gasteiger charge is 2.07. The van der Waals surface area contributed by atoms with Gasteiger partial charge in [-0.25, -0.2) is 0 Å². The van der Waals surface area contributed by atoms with Crippen LogP contribution < -0.4 is 10.6 Å². The van der Waals surface area contributed by atoms with E-state index < -0.39 is 0 Å². The summed E-state index contributed by atoms with van der Waals surface area (Å²) >= 11 is 0. The Bertz CT molecular complexity index is 577. The Morgan fingerprint density at radius 2 is 1.36 bits per heavy atom. The van der Waals surface area contributed by atoms with E-state index in [1.165, 1.54) is 0 Å². The first-order valence-electron chi connectivity index (χ1n) is 7.34. The molecule has 0 aliphatic rings. The standard InChI is InChI=1S/C17H21N5/c1-3-5-12-18-16-20-15(14-10-8-7-9-11-14)21-17(22-16)19-13-6-4-2/h3-4,7-11H,1-2,5-6,12-13H2,(H2,18,19,20,21,22). The van der Waals surface area contributed by atoms with Crippen molar-refractivity contribution in [2.45, 2.75) is 12.8 Å². The maximum atomic E-state index is 4.48. The van der Waals surface area contributed by atoms with E-state index in [-0.39, 0.29) is 0 Å². The summed E-state index contributed by atoms with van der Waals surface area (Å²) in [6.07, 6.45) is 5.42. The molecule has 2 aromatic rings. The van der Waals surface area contributed by atoms with E-state index >= 15 is 0 Å². The van der Waals surface area contributed by atoms with Crippen molar-refractivity contribution in [3.63, 3.8) is 0 Å². The predicted molar refractivity (Wildman–Crippen MR) is 91.9 cm³/mol.